The summed E-state index contributed by atoms with van der Waals surface area (Å²) >= 11 is 0. The Balaban J connectivity index is 0.000000786. The van der Waals surface area contributed by atoms with E-state index in [0.717, 1.165) is 27.8 Å². The van der Waals surface area contributed by atoms with Crippen LogP contribution >= 0.6 is 0 Å². The Kier molecular flexibility index (Phi) is 8.79. The highest BCUT2D eigenvalue weighted by Crippen LogP contribution is 2.55. The van der Waals surface area contributed by atoms with Crippen LogP contribution in [0.2, 0.25) is 0 Å². The molecule has 5 rings (SSSR count). The predicted octanol–water partition coefficient (Wildman–Crippen LogP) is 5.89. The van der Waals surface area contributed by atoms with Crippen molar-refractivity contribution in [1.82, 2.24) is 0 Å². The number of aliphatic hydroxyl groups excluding tert-OH is 1. The van der Waals surface area contributed by atoms with E-state index < -0.39 is 17.8 Å². The summed E-state index contributed by atoms with van der Waals surface area (Å²) in [6, 6.07) is 17.1. The van der Waals surface area contributed by atoms with Crippen LogP contribution in [-0.4, -0.2) is 43.3 Å². The van der Waals surface area contributed by atoms with Crippen molar-refractivity contribution in [3.63, 3.8) is 0 Å². The molecule has 1 unspecified atom stereocenters. The first kappa shape index (κ1) is 27.3. The van der Waals surface area contributed by atoms with Crippen molar-refractivity contribution in [1.29, 1.82) is 0 Å². The number of ether oxygens (including phenoxy) is 4. The average Bonchev–Trinajstić information content (AvgIpc) is 3.53. The summed E-state index contributed by atoms with van der Waals surface area (Å²) in [5.74, 6) is -0.142. The Hall–Kier alpha value is -3.71. The second kappa shape index (κ2) is 12.2. The summed E-state index contributed by atoms with van der Waals surface area (Å²) in [6.45, 7) is 6.45. The minimum Gasteiger partial charge on any atom is -0.497 e. The number of rotatable bonds is 8. The van der Waals surface area contributed by atoms with Gasteiger partial charge in [0.05, 0.1) is 19.6 Å². The van der Waals surface area contributed by atoms with Gasteiger partial charge in [0.25, 0.3) is 0 Å². The maximum Gasteiger partial charge on any atom is 0.308 e. The molecule has 202 valence electrons. The number of carboxylic acid groups (broad SMARTS) is 1. The van der Waals surface area contributed by atoms with E-state index in [0.29, 0.717) is 23.0 Å². The van der Waals surface area contributed by atoms with E-state index in [2.05, 4.69) is 19.9 Å². The van der Waals surface area contributed by atoms with E-state index in [-0.39, 0.29) is 25.9 Å². The van der Waals surface area contributed by atoms with Gasteiger partial charge in [0, 0.05) is 23.5 Å². The van der Waals surface area contributed by atoms with Crippen molar-refractivity contribution in [2.75, 3.05) is 27.1 Å². The molecule has 0 spiro atoms. The SMILES string of the molecule is CCCC.COc1ccc([C@@H]2c3cc(C)ccc3[C@H](c3ccc4c(c3)OCO4)C2C(=O)O)c(OCCO)c1. The standard InChI is InChI=1S/C27H26O7.C4H10/c1-15-3-6-18-20(11-15)25(19-7-5-17(31-2)13-22(19)32-10-9-28)26(27(29)30)24(18)16-4-8-21-23(12-16)34-14-33-21;1-3-4-2/h3-8,11-13,24-26,28H,9-10,14H2,1-2H3,(H,29,30);3-4H2,1-2H3/t24-,25+,26?;/m0./s1. The number of carbonyl (C=O) groups is 1. The molecule has 7 nitrogen and oxygen atoms in total. The third-order valence-corrected chi connectivity index (χ3v) is 7.08. The number of methoxy groups -OCH3 is 1. The molecule has 38 heavy (non-hydrogen) atoms. The highest BCUT2D eigenvalue weighted by Gasteiger charge is 2.47. The number of aliphatic carboxylic acids is 1. The number of aliphatic hydroxyl groups is 1. The summed E-state index contributed by atoms with van der Waals surface area (Å²) < 4.78 is 22.2. The van der Waals surface area contributed by atoms with Gasteiger partial charge in [-0.3, -0.25) is 4.79 Å². The molecule has 1 aliphatic heterocycles. The van der Waals surface area contributed by atoms with Crippen LogP contribution in [0.5, 0.6) is 23.0 Å². The van der Waals surface area contributed by atoms with Crippen LogP contribution in [0, 0.1) is 12.8 Å². The molecule has 3 aromatic rings. The van der Waals surface area contributed by atoms with Gasteiger partial charge in [-0.2, -0.15) is 0 Å². The lowest BCUT2D eigenvalue weighted by Crippen LogP contribution is -2.24. The quantitative estimate of drug-likeness (QED) is 0.383. The number of carboxylic acids is 1. The van der Waals surface area contributed by atoms with Crippen LogP contribution in [0.4, 0.5) is 0 Å². The Bertz CT molecular complexity index is 1270. The molecule has 2 N–H and O–H groups in total. The van der Waals surface area contributed by atoms with Crippen molar-refractivity contribution in [3.8, 4) is 23.0 Å². The lowest BCUT2D eigenvalue weighted by Gasteiger charge is -2.25. The fourth-order valence-corrected chi connectivity index (χ4v) is 5.14. The average molecular weight is 521 g/mol. The lowest BCUT2D eigenvalue weighted by atomic mass is 9.79. The lowest BCUT2D eigenvalue weighted by molar-refractivity contribution is -0.142. The van der Waals surface area contributed by atoms with Gasteiger partial charge < -0.3 is 29.2 Å². The Labute approximate surface area is 223 Å². The van der Waals surface area contributed by atoms with E-state index in [1.165, 1.54) is 12.8 Å². The van der Waals surface area contributed by atoms with Gasteiger partial charge in [0.1, 0.15) is 18.1 Å². The van der Waals surface area contributed by atoms with Crippen molar-refractivity contribution < 1.29 is 34.0 Å². The smallest absolute Gasteiger partial charge is 0.308 e. The minimum absolute atomic E-state index is 0.0941. The van der Waals surface area contributed by atoms with Crippen LogP contribution in [0.1, 0.15) is 66.3 Å². The molecular weight excluding hydrogens is 484 g/mol. The zero-order chi connectivity index (χ0) is 27.2. The number of hydrogen-bond acceptors (Lipinski definition) is 6. The predicted molar refractivity (Wildman–Crippen MR) is 145 cm³/mol. The Morgan fingerprint density at radius 2 is 1.66 bits per heavy atom. The molecule has 3 atom stereocenters. The first-order valence-electron chi connectivity index (χ1n) is 13.1. The van der Waals surface area contributed by atoms with Gasteiger partial charge in [0.2, 0.25) is 6.79 Å². The first-order valence-corrected chi connectivity index (χ1v) is 13.1. The van der Waals surface area contributed by atoms with Crippen LogP contribution < -0.4 is 18.9 Å². The molecule has 0 saturated heterocycles. The van der Waals surface area contributed by atoms with E-state index in [1.54, 1.807) is 13.2 Å². The van der Waals surface area contributed by atoms with Crippen molar-refractivity contribution in [2.45, 2.75) is 45.4 Å². The zero-order valence-corrected chi connectivity index (χ0v) is 22.4. The van der Waals surface area contributed by atoms with Crippen LogP contribution in [0.15, 0.2) is 54.6 Å². The molecule has 2 aliphatic rings. The van der Waals surface area contributed by atoms with E-state index >= 15 is 0 Å². The van der Waals surface area contributed by atoms with Gasteiger partial charge in [-0.25, -0.2) is 0 Å². The molecule has 3 aromatic carbocycles. The summed E-state index contributed by atoms with van der Waals surface area (Å²) in [7, 11) is 1.56. The Morgan fingerprint density at radius 3 is 2.34 bits per heavy atom. The summed E-state index contributed by atoms with van der Waals surface area (Å²) in [5.41, 5.74) is 4.57. The second-order valence-corrected chi connectivity index (χ2v) is 9.54. The number of hydrogen-bond donors (Lipinski definition) is 2. The molecule has 0 saturated carbocycles. The summed E-state index contributed by atoms with van der Waals surface area (Å²) in [4.78, 5) is 12.8. The fourth-order valence-electron chi connectivity index (χ4n) is 5.14. The maximum absolute atomic E-state index is 12.8. The molecule has 7 heteroatoms. The topological polar surface area (TPSA) is 94.5 Å². The highest BCUT2D eigenvalue weighted by atomic mass is 16.7. The highest BCUT2D eigenvalue weighted by molar-refractivity contribution is 5.78. The molecule has 0 amide bonds. The third-order valence-electron chi connectivity index (χ3n) is 7.08. The summed E-state index contributed by atoms with van der Waals surface area (Å²) in [5, 5.41) is 19.9. The van der Waals surface area contributed by atoms with Crippen molar-refractivity contribution in [2.24, 2.45) is 5.92 Å². The van der Waals surface area contributed by atoms with Gasteiger partial charge in [-0.15, -0.1) is 0 Å². The Morgan fingerprint density at radius 1 is 0.921 bits per heavy atom. The second-order valence-electron chi connectivity index (χ2n) is 9.54. The normalized spacial score (nSPS) is 18.8. The van der Waals surface area contributed by atoms with Crippen molar-refractivity contribution in [3.05, 3.63) is 82.4 Å². The molecule has 1 aliphatic carbocycles. The molecule has 0 radical (unpaired) electrons. The van der Waals surface area contributed by atoms with Crippen LogP contribution in [0.25, 0.3) is 0 Å². The van der Waals surface area contributed by atoms with Gasteiger partial charge >= 0.3 is 5.97 Å². The molecular formula is C31H36O7. The minimum atomic E-state index is -0.898. The van der Waals surface area contributed by atoms with E-state index in [1.807, 2.05) is 49.4 Å². The zero-order valence-electron chi connectivity index (χ0n) is 22.4. The van der Waals surface area contributed by atoms with E-state index in [4.69, 9.17) is 18.9 Å². The number of aryl methyl sites for hydroxylation is 1. The third kappa shape index (κ3) is 5.43. The van der Waals surface area contributed by atoms with E-state index in [9.17, 15) is 15.0 Å². The van der Waals surface area contributed by atoms with Gasteiger partial charge in [0.15, 0.2) is 11.5 Å². The molecule has 0 fully saturated rings. The van der Waals surface area contributed by atoms with Gasteiger partial charge in [-0.1, -0.05) is 62.6 Å². The van der Waals surface area contributed by atoms with Gasteiger partial charge in [-0.05, 0) is 41.8 Å². The number of fused-ring (bicyclic) bond motifs is 2. The number of benzene rings is 3. The monoisotopic (exact) mass is 520 g/mol. The molecule has 1 heterocycles. The largest absolute Gasteiger partial charge is 0.497 e. The maximum atomic E-state index is 12.8. The fraction of sp³-hybridized carbons (Fsp3) is 0.387. The van der Waals surface area contributed by atoms with Crippen molar-refractivity contribution >= 4 is 5.97 Å². The molecule has 0 aromatic heterocycles. The van der Waals surface area contributed by atoms with Crippen LogP contribution in [-0.2, 0) is 4.79 Å². The summed E-state index contributed by atoms with van der Waals surface area (Å²) in [6.07, 6.45) is 2.64. The number of unbranched alkanes of at least 4 members (excludes halogenated alkanes) is 1. The van der Waals surface area contributed by atoms with Crippen LogP contribution in [0.3, 0.4) is 0 Å². The first-order chi connectivity index (χ1) is 18.4. The molecule has 0 bridgehead atoms.